The Bertz CT molecular complexity index is 849. The molecule has 3 rings (SSSR count). The summed E-state index contributed by atoms with van der Waals surface area (Å²) in [5.41, 5.74) is 1.08. The first-order valence-corrected chi connectivity index (χ1v) is 8.56. The lowest BCUT2D eigenvalue weighted by Gasteiger charge is -2.10. The maximum atomic E-state index is 12.6. The fraction of sp³-hybridized carbons (Fsp3) is 0.200. The van der Waals surface area contributed by atoms with Gasteiger partial charge in [-0.2, -0.15) is 18.2 Å². The van der Waals surface area contributed by atoms with Gasteiger partial charge in [0.25, 0.3) is 0 Å². The molecule has 0 spiro atoms. The van der Waals surface area contributed by atoms with Gasteiger partial charge in [-0.1, -0.05) is 30.3 Å². The largest absolute Gasteiger partial charge is 0.416 e. The SMILES string of the molecule is FC(F)(F)c1ccc(Nc2nccc(NCCCc3ccccc3)n2)cc1. The minimum Gasteiger partial charge on any atom is -0.370 e. The minimum atomic E-state index is -4.35. The molecule has 1 aromatic heterocycles. The minimum absolute atomic E-state index is 0.322. The van der Waals surface area contributed by atoms with Gasteiger partial charge in [0.2, 0.25) is 5.95 Å². The molecular formula is C20H19F3N4. The summed E-state index contributed by atoms with van der Waals surface area (Å²) in [4.78, 5) is 8.43. The van der Waals surface area contributed by atoms with Crippen LogP contribution in [-0.4, -0.2) is 16.5 Å². The molecule has 2 aromatic carbocycles. The average molecular weight is 372 g/mol. The van der Waals surface area contributed by atoms with Gasteiger partial charge in [-0.05, 0) is 48.7 Å². The molecule has 0 aliphatic carbocycles. The van der Waals surface area contributed by atoms with Gasteiger partial charge in [0, 0.05) is 18.4 Å². The topological polar surface area (TPSA) is 49.8 Å². The van der Waals surface area contributed by atoms with Gasteiger partial charge in [0.15, 0.2) is 0 Å². The molecule has 0 aliphatic heterocycles. The summed E-state index contributed by atoms with van der Waals surface area (Å²) in [5, 5.41) is 6.14. The quantitative estimate of drug-likeness (QED) is 0.554. The molecule has 7 heteroatoms. The number of nitrogens with one attached hydrogen (secondary N) is 2. The summed E-state index contributed by atoms with van der Waals surface area (Å²) in [6.45, 7) is 0.756. The molecule has 0 fully saturated rings. The molecule has 2 N–H and O–H groups in total. The normalized spacial score (nSPS) is 11.2. The van der Waals surface area contributed by atoms with Crippen molar-refractivity contribution < 1.29 is 13.2 Å². The number of hydrogen-bond acceptors (Lipinski definition) is 4. The van der Waals surface area contributed by atoms with Crippen molar-refractivity contribution in [1.82, 2.24) is 9.97 Å². The zero-order valence-electron chi connectivity index (χ0n) is 14.5. The van der Waals surface area contributed by atoms with Gasteiger partial charge in [0.05, 0.1) is 5.56 Å². The average Bonchev–Trinajstić information content (AvgIpc) is 2.66. The number of nitrogens with zero attached hydrogens (tertiary/aromatic N) is 2. The first-order chi connectivity index (χ1) is 13.0. The second-order valence-corrected chi connectivity index (χ2v) is 5.98. The fourth-order valence-corrected chi connectivity index (χ4v) is 2.54. The molecule has 0 saturated heterocycles. The van der Waals surface area contributed by atoms with Crippen LogP contribution in [0.15, 0.2) is 66.9 Å². The zero-order chi connectivity index (χ0) is 19.1. The monoisotopic (exact) mass is 372 g/mol. The van der Waals surface area contributed by atoms with Crippen molar-refractivity contribution in [2.45, 2.75) is 19.0 Å². The van der Waals surface area contributed by atoms with Crippen molar-refractivity contribution in [1.29, 1.82) is 0 Å². The van der Waals surface area contributed by atoms with Crippen LogP contribution in [0.3, 0.4) is 0 Å². The Morgan fingerprint density at radius 1 is 0.889 bits per heavy atom. The second kappa shape index (κ2) is 8.53. The summed E-state index contributed by atoms with van der Waals surface area (Å²) in [5.74, 6) is 0.982. The number of alkyl halides is 3. The molecule has 4 nitrogen and oxygen atoms in total. The molecule has 1 heterocycles. The van der Waals surface area contributed by atoms with E-state index in [4.69, 9.17) is 0 Å². The molecule has 0 radical (unpaired) electrons. The summed E-state index contributed by atoms with van der Waals surface area (Å²) in [7, 11) is 0. The van der Waals surface area contributed by atoms with Crippen molar-refractivity contribution in [2.24, 2.45) is 0 Å². The van der Waals surface area contributed by atoms with Crippen LogP contribution in [0.25, 0.3) is 0 Å². The van der Waals surface area contributed by atoms with Gasteiger partial charge in [-0.15, -0.1) is 0 Å². The zero-order valence-corrected chi connectivity index (χ0v) is 14.5. The van der Waals surface area contributed by atoms with E-state index in [1.54, 1.807) is 12.3 Å². The van der Waals surface area contributed by atoms with Crippen molar-refractivity contribution in [2.75, 3.05) is 17.2 Å². The smallest absolute Gasteiger partial charge is 0.370 e. The lowest BCUT2D eigenvalue weighted by atomic mass is 10.1. The standard InChI is InChI=1S/C20H19F3N4/c21-20(22,23)16-8-10-17(11-9-16)26-19-25-14-12-18(27-19)24-13-4-7-15-5-2-1-3-6-15/h1-3,5-6,8-12,14H,4,7,13H2,(H2,24,25,26,27). The Labute approximate surface area is 155 Å². The summed E-state index contributed by atoms with van der Waals surface area (Å²) >= 11 is 0. The maximum absolute atomic E-state index is 12.6. The van der Waals surface area contributed by atoms with Crippen LogP contribution >= 0.6 is 0 Å². The van der Waals surface area contributed by atoms with Gasteiger partial charge in [0.1, 0.15) is 5.82 Å². The van der Waals surface area contributed by atoms with Gasteiger partial charge in [-0.25, -0.2) is 4.98 Å². The van der Waals surface area contributed by atoms with E-state index in [1.807, 2.05) is 18.2 Å². The molecule has 0 aliphatic rings. The second-order valence-electron chi connectivity index (χ2n) is 5.98. The van der Waals surface area contributed by atoms with Crippen LogP contribution < -0.4 is 10.6 Å². The number of hydrogen-bond donors (Lipinski definition) is 2. The predicted octanol–water partition coefficient (Wildman–Crippen LogP) is 5.28. The molecular weight excluding hydrogens is 353 g/mol. The van der Waals surface area contributed by atoms with E-state index >= 15 is 0 Å². The highest BCUT2D eigenvalue weighted by atomic mass is 19.4. The first kappa shape index (κ1) is 18.7. The lowest BCUT2D eigenvalue weighted by molar-refractivity contribution is -0.137. The molecule has 0 atom stereocenters. The van der Waals surface area contributed by atoms with Crippen molar-refractivity contribution in [3.05, 3.63) is 78.0 Å². The van der Waals surface area contributed by atoms with E-state index < -0.39 is 11.7 Å². The van der Waals surface area contributed by atoms with Crippen molar-refractivity contribution in [3.8, 4) is 0 Å². The highest BCUT2D eigenvalue weighted by Gasteiger charge is 2.29. The highest BCUT2D eigenvalue weighted by Crippen LogP contribution is 2.30. The van der Waals surface area contributed by atoms with Crippen molar-refractivity contribution in [3.63, 3.8) is 0 Å². The third-order valence-corrected chi connectivity index (χ3v) is 3.92. The van der Waals surface area contributed by atoms with Gasteiger partial charge >= 0.3 is 6.18 Å². The number of aryl methyl sites for hydroxylation is 1. The van der Waals surface area contributed by atoms with E-state index in [1.165, 1.54) is 17.7 Å². The van der Waals surface area contributed by atoms with E-state index in [-0.39, 0.29) is 0 Å². The number of benzene rings is 2. The number of aromatic nitrogens is 2. The fourth-order valence-electron chi connectivity index (χ4n) is 2.54. The molecule has 3 aromatic rings. The number of anilines is 3. The summed E-state index contributed by atoms with van der Waals surface area (Å²) in [6.07, 6.45) is -0.831. The van der Waals surface area contributed by atoms with E-state index in [0.29, 0.717) is 17.5 Å². The van der Waals surface area contributed by atoms with Crippen LogP contribution in [0.2, 0.25) is 0 Å². The number of halogens is 3. The van der Waals surface area contributed by atoms with Crippen LogP contribution in [0.4, 0.5) is 30.6 Å². The number of rotatable bonds is 7. The van der Waals surface area contributed by atoms with Crippen LogP contribution in [0, 0.1) is 0 Å². The summed E-state index contributed by atoms with van der Waals surface area (Å²) < 4.78 is 37.8. The molecule has 0 amide bonds. The maximum Gasteiger partial charge on any atom is 0.416 e. The van der Waals surface area contributed by atoms with Gasteiger partial charge < -0.3 is 10.6 Å². The predicted molar refractivity (Wildman–Crippen MR) is 100 cm³/mol. The van der Waals surface area contributed by atoms with E-state index in [9.17, 15) is 13.2 Å². The Morgan fingerprint density at radius 3 is 2.33 bits per heavy atom. The van der Waals surface area contributed by atoms with E-state index in [2.05, 4.69) is 32.7 Å². The lowest BCUT2D eigenvalue weighted by Crippen LogP contribution is -2.07. The molecule has 0 bridgehead atoms. The van der Waals surface area contributed by atoms with Crippen LogP contribution in [0.1, 0.15) is 17.5 Å². The molecule has 0 saturated carbocycles. The first-order valence-electron chi connectivity index (χ1n) is 8.56. The van der Waals surface area contributed by atoms with Gasteiger partial charge in [-0.3, -0.25) is 0 Å². The van der Waals surface area contributed by atoms with Crippen molar-refractivity contribution >= 4 is 17.5 Å². The Hall–Kier alpha value is -3.09. The molecule has 140 valence electrons. The van der Waals surface area contributed by atoms with Crippen LogP contribution in [-0.2, 0) is 12.6 Å². The van der Waals surface area contributed by atoms with Crippen LogP contribution in [0.5, 0.6) is 0 Å². The van der Waals surface area contributed by atoms with E-state index in [0.717, 1.165) is 31.5 Å². The molecule has 0 unspecified atom stereocenters. The Balaban J connectivity index is 1.52. The third-order valence-electron chi connectivity index (χ3n) is 3.92. The Kier molecular flexibility index (Phi) is 5.90. The summed E-state index contributed by atoms with van der Waals surface area (Å²) in [6, 6.07) is 16.7. The Morgan fingerprint density at radius 2 is 1.63 bits per heavy atom. The molecule has 27 heavy (non-hydrogen) atoms. The third kappa shape index (κ3) is 5.70. The highest BCUT2D eigenvalue weighted by molar-refractivity contribution is 5.55.